The quantitative estimate of drug-likeness (QED) is 0.805. The fourth-order valence-electron chi connectivity index (χ4n) is 2.56. The van der Waals surface area contributed by atoms with E-state index in [1.54, 1.807) is 0 Å². The molecule has 0 radical (unpaired) electrons. The molecule has 3 nitrogen and oxygen atoms in total. The highest BCUT2D eigenvalue weighted by atomic mass is 32.1. The molecule has 1 atom stereocenters. The van der Waals surface area contributed by atoms with Crippen LogP contribution >= 0.6 is 11.3 Å². The van der Waals surface area contributed by atoms with Crippen LogP contribution in [0.1, 0.15) is 41.8 Å². The Morgan fingerprint density at radius 2 is 2.33 bits per heavy atom. The van der Waals surface area contributed by atoms with E-state index in [2.05, 4.69) is 0 Å². The second-order valence-electron chi connectivity index (χ2n) is 5.02. The van der Waals surface area contributed by atoms with E-state index in [-0.39, 0.29) is 5.91 Å². The Morgan fingerprint density at radius 1 is 1.44 bits per heavy atom. The van der Waals surface area contributed by atoms with Crippen LogP contribution in [0.5, 0.6) is 0 Å². The topological polar surface area (TPSA) is 46.3 Å². The highest BCUT2D eigenvalue weighted by Crippen LogP contribution is 2.24. The first-order valence-corrected chi connectivity index (χ1v) is 7.72. The molecule has 0 aromatic carbocycles. The van der Waals surface area contributed by atoms with Crippen LogP contribution in [0.25, 0.3) is 0 Å². The number of carbonyl (C=O) groups excluding carboxylic acids is 1. The zero-order valence-electron chi connectivity index (χ0n) is 10.8. The van der Waals surface area contributed by atoms with Crippen LogP contribution in [-0.4, -0.2) is 30.4 Å². The molecule has 0 saturated carbocycles. The highest BCUT2D eigenvalue weighted by Gasteiger charge is 2.26. The molecule has 2 N–H and O–H groups in total. The van der Waals surface area contributed by atoms with Gasteiger partial charge in [0, 0.05) is 13.1 Å². The number of nitrogens with two attached hydrogens (primary N) is 1. The number of amides is 1. The zero-order chi connectivity index (χ0) is 12.8. The SMILES string of the molecule is NCCCCCC1CCN(C(=O)c2cccs2)C1. The second-order valence-corrected chi connectivity index (χ2v) is 5.97. The van der Waals surface area contributed by atoms with Crippen molar-refractivity contribution >= 4 is 17.2 Å². The normalized spacial score (nSPS) is 19.4. The van der Waals surface area contributed by atoms with Crippen molar-refractivity contribution in [2.24, 2.45) is 11.7 Å². The Labute approximate surface area is 113 Å². The molecule has 100 valence electrons. The van der Waals surface area contributed by atoms with E-state index in [1.165, 1.54) is 37.0 Å². The summed E-state index contributed by atoms with van der Waals surface area (Å²) in [6.07, 6.45) is 6.02. The molecule has 1 unspecified atom stereocenters. The number of rotatable bonds is 6. The average molecular weight is 266 g/mol. The lowest BCUT2D eigenvalue weighted by Gasteiger charge is -2.15. The molecular weight excluding hydrogens is 244 g/mol. The summed E-state index contributed by atoms with van der Waals surface area (Å²) in [4.78, 5) is 15.0. The smallest absolute Gasteiger partial charge is 0.263 e. The minimum Gasteiger partial charge on any atom is -0.338 e. The number of carbonyl (C=O) groups is 1. The molecule has 0 bridgehead atoms. The first-order chi connectivity index (χ1) is 8.81. The van der Waals surface area contributed by atoms with Gasteiger partial charge in [0.2, 0.25) is 0 Å². The van der Waals surface area contributed by atoms with Crippen molar-refractivity contribution in [3.05, 3.63) is 22.4 Å². The van der Waals surface area contributed by atoms with Gasteiger partial charge in [0.25, 0.3) is 5.91 Å². The van der Waals surface area contributed by atoms with Crippen LogP contribution in [0, 0.1) is 5.92 Å². The van der Waals surface area contributed by atoms with Gasteiger partial charge < -0.3 is 10.6 Å². The Kier molecular flexibility index (Phi) is 5.20. The molecule has 4 heteroatoms. The number of unbranched alkanes of at least 4 members (excludes halogenated alkanes) is 2. The molecular formula is C14H22N2OS. The summed E-state index contributed by atoms with van der Waals surface area (Å²) < 4.78 is 0. The van der Waals surface area contributed by atoms with Gasteiger partial charge in [-0.25, -0.2) is 0 Å². The van der Waals surface area contributed by atoms with E-state index in [4.69, 9.17) is 5.73 Å². The maximum atomic E-state index is 12.1. The van der Waals surface area contributed by atoms with Crippen LogP contribution in [0.4, 0.5) is 0 Å². The Balaban J connectivity index is 1.73. The first kappa shape index (κ1) is 13.6. The van der Waals surface area contributed by atoms with Crippen LogP contribution in [-0.2, 0) is 0 Å². The van der Waals surface area contributed by atoms with Crippen LogP contribution in [0.15, 0.2) is 17.5 Å². The van der Waals surface area contributed by atoms with Crippen LogP contribution in [0.3, 0.4) is 0 Å². The van der Waals surface area contributed by atoms with Gasteiger partial charge >= 0.3 is 0 Å². The van der Waals surface area contributed by atoms with Gasteiger partial charge in [-0.2, -0.15) is 0 Å². The third kappa shape index (κ3) is 3.56. The standard InChI is InChI=1S/C14H22N2OS/c15-8-3-1-2-5-12-7-9-16(11-12)14(17)13-6-4-10-18-13/h4,6,10,12H,1-3,5,7-9,11,15H2. The van der Waals surface area contributed by atoms with Crippen LogP contribution in [0.2, 0.25) is 0 Å². The second kappa shape index (κ2) is 6.90. The molecule has 1 aromatic heterocycles. The number of likely N-dealkylation sites (tertiary alicyclic amines) is 1. The highest BCUT2D eigenvalue weighted by molar-refractivity contribution is 7.12. The van der Waals surface area contributed by atoms with E-state index < -0.39 is 0 Å². The summed E-state index contributed by atoms with van der Waals surface area (Å²) >= 11 is 1.54. The van der Waals surface area contributed by atoms with Crippen molar-refractivity contribution in [1.29, 1.82) is 0 Å². The fraction of sp³-hybridized carbons (Fsp3) is 0.643. The zero-order valence-corrected chi connectivity index (χ0v) is 11.6. The van der Waals surface area contributed by atoms with Gasteiger partial charge in [0.15, 0.2) is 0 Å². The summed E-state index contributed by atoms with van der Waals surface area (Å²) in [5, 5.41) is 1.97. The molecule has 18 heavy (non-hydrogen) atoms. The molecule has 2 heterocycles. The number of thiophene rings is 1. The van der Waals surface area contributed by atoms with Crippen molar-refractivity contribution < 1.29 is 4.79 Å². The Bertz CT molecular complexity index is 364. The maximum absolute atomic E-state index is 12.1. The van der Waals surface area contributed by atoms with Gasteiger partial charge in [0.1, 0.15) is 0 Å². The van der Waals surface area contributed by atoms with Crippen molar-refractivity contribution in [3.63, 3.8) is 0 Å². The predicted molar refractivity (Wildman–Crippen MR) is 75.9 cm³/mol. The summed E-state index contributed by atoms with van der Waals surface area (Å²) in [6, 6.07) is 3.86. The molecule has 1 aliphatic rings. The van der Waals surface area contributed by atoms with E-state index in [1.807, 2.05) is 22.4 Å². The molecule has 0 aliphatic carbocycles. The van der Waals surface area contributed by atoms with Gasteiger partial charge in [-0.15, -0.1) is 11.3 Å². The number of nitrogens with zero attached hydrogens (tertiary/aromatic N) is 1. The Hall–Kier alpha value is -0.870. The molecule has 1 aliphatic heterocycles. The number of hydrogen-bond donors (Lipinski definition) is 1. The molecule has 2 rings (SSSR count). The third-order valence-corrected chi connectivity index (χ3v) is 4.48. The monoisotopic (exact) mass is 266 g/mol. The lowest BCUT2D eigenvalue weighted by molar-refractivity contribution is 0.0791. The first-order valence-electron chi connectivity index (χ1n) is 6.84. The van der Waals surface area contributed by atoms with Crippen molar-refractivity contribution in [1.82, 2.24) is 4.90 Å². The van der Waals surface area contributed by atoms with Gasteiger partial charge in [-0.05, 0) is 43.2 Å². The van der Waals surface area contributed by atoms with E-state index >= 15 is 0 Å². The largest absolute Gasteiger partial charge is 0.338 e. The summed E-state index contributed by atoms with van der Waals surface area (Å²) in [5.41, 5.74) is 5.49. The molecule has 1 saturated heterocycles. The van der Waals surface area contributed by atoms with Crippen LogP contribution < -0.4 is 5.73 Å². The minimum absolute atomic E-state index is 0.217. The number of hydrogen-bond acceptors (Lipinski definition) is 3. The van der Waals surface area contributed by atoms with Crippen molar-refractivity contribution in [2.75, 3.05) is 19.6 Å². The van der Waals surface area contributed by atoms with Gasteiger partial charge in [0.05, 0.1) is 4.88 Å². The lowest BCUT2D eigenvalue weighted by atomic mass is 10.0. The average Bonchev–Trinajstić information content (AvgIpc) is 3.05. The molecule has 0 spiro atoms. The van der Waals surface area contributed by atoms with Gasteiger partial charge in [-0.3, -0.25) is 4.79 Å². The third-order valence-electron chi connectivity index (χ3n) is 3.62. The van der Waals surface area contributed by atoms with E-state index in [0.29, 0.717) is 5.92 Å². The summed E-state index contributed by atoms with van der Waals surface area (Å²) in [7, 11) is 0. The lowest BCUT2D eigenvalue weighted by Crippen LogP contribution is -2.27. The summed E-state index contributed by atoms with van der Waals surface area (Å²) in [6.45, 7) is 2.67. The minimum atomic E-state index is 0.217. The van der Waals surface area contributed by atoms with E-state index in [0.717, 1.165) is 30.9 Å². The van der Waals surface area contributed by atoms with Gasteiger partial charge in [-0.1, -0.05) is 18.9 Å². The fourth-order valence-corrected chi connectivity index (χ4v) is 3.25. The summed E-state index contributed by atoms with van der Waals surface area (Å²) in [5.74, 6) is 0.918. The Morgan fingerprint density at radius 3 is 3.06 bits per heavy atom. The van der Waals surface area contributed by atoms with Crippen molar-refractivity contribution in [2.45, 2.75) is 32.1 Å². The molecule has 1 fully saturated rings. The predicted octanol–water partition coefficient (Wildman–Crippen LogP) is 2.73. The van der Waals surface area contributed by atoms with E-state index in [9.17, 15) is 4.79 Å². The molecule has 1 aromatic rings. The maximum Gasteiger partial charge on any atom is 0.263 e. The molecule has 1 amide bonds. The van der Waals surface area contributed by atoms with Crippen molar-refractivity contribution in [3.8, 4) is 0 Å².